The SMILES string of the molecule is CC1C=Cc2c(c(-c3ccc4c(c3)C(C)(C)c3ccccc3-4)c3ccccc3c2-c2ccccc2)C1. The Morgan fingerprint density at radius 3 is 2.11 bits per heavy atom. The molecule has 0 heteroatoms. The molecule has 0 aliphatic heterocycles. The van der Waals surface area contributed by atoms with Gasteiger partial charge >= 0.3 is 0 Å². The van der Waals surface area contributed by atoms with Crippen molar-refractivity contribution in [3.63, 3.8) is 0 Å². The van der Waals surface area contributed by atoms with Crippen LogP contribution >= 0.6 is 0 Å². The third-order valence-electron chi connectivity index (χ3n) is 8.41. The fourth-order valence-corrected chi connectivity index (χ4v) is 6.66. The molecule has 5 aromatic carbocycles. The van der Waals surface area contributed by atoms with Gasteiger partial charge in [-0.1, -0.05) is 124 Å². The van der Waals surface area contributed by atoms with Gasteiger partial charge in [0.15, 0.2) is 0 Å². The van der Waals surface area contributed by atoms with Crippen LogP contribution in [0, 0.1) is 5.92 Å². The lowest BCUT2D eigenvalue weighted by atomic mass is 9.77. The minimum Gasteiger partial charge on any atom is -0.0807 e. The zero-order chi connectivity index (χ0) is 24.4. The summed E-state index contributed by atoms with van der Waals surface area (Å²) in [5.74, 6) is 0.524. The lowest BCUT2D eigenvalue weighted by Gasteiger charge is -2.27. The Bertz CT molecular complexity index is 1680. The zero-order valence-electron chi connectivity index (χ0n) is 21.2. The molecule has 0 amide bonds. The Balaban J connectivity index is 1.55. The Hall–Kier alpha value is -3.90. The van der Waals surface area contributed by atoms with Gasteiger partial charge in [-0.3, -0.25) is 0 Å². The Labute approximate surface area is 214 Å². The summed E-state index contributed by atoms with van der Waals surface area (Å²) >= 11 is 0. The molecule has 0 heterocycles. The summed E-state index contributed by atoms with van der Waals surface area (Å²) in [7, 11) is 0. The smallest absolute Gasteiger partial charge is 0.0159 e. The van der Waals surface area contributed by atoms with Crippen molar-refractivity contribution >= 4 is 16.8 Å². The van der Waals surface area contributed by atoms with E-state index in [2.05, 4.69) is 130 Å². The van der Waals surface area contributed by atoms with Gasteiger partial charge in [-0.2, -0.15) is 0 Å². The van der Waals surface area contributed by atoms with E-state index in [1.807, 2.05) is 0 Å². The average Bonchev–Trinajstić information content (AvgIpc) is 3.14. The number of benzene rings is 5. The van der Waals surface area contributed by atoms with Crippen molar-refractivity contribution < 1.29 is 0 Å². The molecule has 0 saturated heterocycles. The summed E-state index contributed by atoms with van der Waals surface area (Å²) in [6.07, 6.45) is 5.83. The summed E-state index contributed by atoms with van der Waals surface area (Å²) < 4.78 is 0. The van der Waals surface area contributed by atoms with E-state index in [0.29, 0.717) is 5.92 Å². The first-order chi connectivity index (χ1) is 17.5. The van der Waals surface area contributed by atoms with Crippen molar-refractivity contribution in [2.24, 2.45) is 5.92 Å². The second-order valence-corrected chi connectivity index (χ2v) is 11.0. The monoisotopic (exact) mass is 462 g/mol. The average molecular weight is 463 g/mol. The first kappa shape index (κ1) is 21.4. The first-order valence-corrected chi connectivity index (χ1v) is 13.1. The Morgan fingerprint density at radius 1 is 0.639 bits per heavy atom. The van der Waals surface area contributed by atoms with Crippen molar-refractivity contribution in [2.75, 3.05) is 0 Å². The summed E-state index contributed by atoms with van der Waals surface area (Å²) in [6, 6.07) is 36.1. The molecule has 1 unspecified atom stereocenters. The van der Waals surface area contributed by atoms with Gasteiger partial charge in [0.25, 0.3) is 0 Å². The fraction of sp³-hybridized carbons (Fsp3) is 0.167. The van der Waals surface area contributed by atoms with Crippen molar-refractivity contribution in [3.05, 3.63) is 125 Å². The van der Waals surface area contributed by atoms with Crippen LogP contribution in [0.25, 0.3) is 50.2 Å². The minimum absolute atomic E-state index is 0.00498. The van der Waals surface area contributed by atoms with Gasteiger partial charge in [0.05, 0.1) is 0 Å². The van der Waals surface area contributed by atoms with Gasteiger partial charge in [-0.15, -0.1) is 0 Å². The van der Waals surface area contributed by atoms with Crippen molar-refractivity contribution in [1.82, 2.24) is 0 Å². The molecule has 5 aromatic rings. The second-order valence-electron chi connectivity index (χ2n) is 11.0. The molecule has 0 spiro atoms. The van der Waals surface area contributed by atoms with Gasteiger partial charge in [0.2, 0.25) is 0 Å². The number of allylic oxidation sites excluding steroid dienone is 1. The summed E-state index contributed by atoms with van der Waals surface area (Å²) in [5, 5.41) is 2.69. The maximum absolute atomic E-state index is 2.49. The van der Waals surface area contributed by atoms with Gasteiger partial charge in [0, 0.05) is 5.41 Å². The van der Waals surface area contributed by atoms with E-state index in [-0.39, 0.29) is 5.41 Å². The van der Waals surface area contributed by atoms with E-state index >= 15 is 0 Å². The molecule has 0 N–H and O–H groups in total. The van der Waals surface area contributed by atoms with Crippen LogP contribution in [-0.2, 0) is 11.8 Å². The highest BCUT2D eigenvalue weighted by molar-refractivity contribution is 6.10. The highest BCUT2D eigenvalue weighted by Gasteiger charge is 2.35. The van der Waals surface area contributed by atoms with Crippen LogP contribution in [0.1, 0.15) is 43.0 Å². The van der Waals surface area contributed by atoms with E-state index in [0.717, 1.165) is 6.42 Å². The molecule has 0 bridgehead atoms. The van der Waals surface area contributed by atoms with Crippen molar-refractivity contribution in [3.8, 4) is 33.4 Å². The maximum atomic E-state index is 2.49. The first-order valence-electron chi connectivity index (χ1n) is 13.1. The minimum atomic E-state index is -0.00498. The molecule has 0 fully saturated rings. The molecule has 0 nitrogen and oxygen atoms in total. The predicted octanol–water partition coefficient (Wildman–Crippen LogP) is 9.69. The van der Waals surface area contributed by atoms with Crippen LogP contribution in [0.2, 0.25) is 0 Å². The standard InChI is InChI=1S/C36H30/c1-23-17-19-30-31(21-23)35(29-15-8-7-14-28(29)34(30)24-11-5-4-6-12-24)25-18-20-27-26-13-9-10-16-32(26)36(2,3)33(27)22-25/h4-20,22-23H,21H2,1-3H3. The van der Waals surface area contributed by atoms with Crippen LogP contribution in [-0.4, -0.2) is 0 Å². The van der Waals surface area contributed by atoms with Crippen LogP contribution in [0.4, 0.5) is 0 Å². The van der Waals surface area contributed by atoms with E-state index in [9.17, 15) is 0 Å². The largest absolute Gasteiger partial charge is 0.0807 e. The molecule has 0 saturated carbocycles. The van der Waals surface area contributed by atoms with Gasteiger partial charge < -0.3 is 0 Å². The molecule has 174 valence electrons. The topological polar surface area (TPSA) is 0 Å². The molecular weight excluding hydrogens is 432 g/mol. The maximum Gasteiger partial charge on any atom is 0.0159 e. The van der Waals surface area contributed by atoms with Gasteiger partial charge in [0.1, 0.15) is 0 Å². The van der Waals surface area contributed by atoms with Gasteiger partial charge in [-0.05, 0) is 84.8 Å². The van der Waals surface area contributed by atoms with Crippen LogP contribution in [0.15, 0.2) is 103 Å². The molecule has 0 radical (unpaired) electrons. The zero-order valence-corrected chi connectivity index (χ0v) is 21.2. The lowest BCUT2D eigenvalue weighted by molar-refractivity contribution is 0.660. The van der Waals surface area contributed by atoms with Crippen LogP contribution in [0.5, 0.6) is 0 Å². The third kappa shape index (κ3) is 3.00. The summed E-state index contributed by atoms with van der Waals surface area (Å²) in [5.41, 5.74) is 13.9. The Kier molecular flexibility index (Phi) is 4.63. The summed E-state index contributed by atoms with van der Waals surface area (Å²) in [4.78, 5) is 0. The van der Waals surface area contributed by atoms with E-state index in [4.69, 9.17) is 0 Å². The number of hydrogen-bond donors (Lipinski definition) is 0. The molecular formula is C36H30. The third-order valence-corrected chi connectivity index (χ3v) is 8.41. The normalized spacial score (nSPS) is 17.0. The highest BCUT2D eigenvalue weighted by Crippen LogP contribution is 2.51. The van der Waals surface area contributed by atoms with Crippen molar-refractivity contribution in [2.45, 2.75) is 32.6 Å². The predicted molar refractivity (Wildman–Crippen MR) is 154 cm³/mol. The molecule has 0 aromatic heterocycles. The molecule has 36 heavy (non-hydrogen) atoms. The number of hydrogen-bond acceptors (Lipinski definition) is 0. The molecule has 2 aliphatic carbocycles. The van der Waals surface area contributed by atoms with Crippen LogP contribution in [0.3, 0.4) is 0 Å². The van der Waals surface area contributed by atoms with Crippen molar-refractivity contribution in [1.29, 1.82) is 0 Å². The number of fused-ring (bicyclic) bond motifs is 5. The van der Waals surface area contributed by atoms with Crippen LogP contribution < -0.4 is 0 Å². The van der Waals surface area contributed by atoms with E-state index in [1.165, 1.54) is 66.4 Å². The second kappa shape index (κ2) is 7.80. The highest BCUT2D eigenvalue weighted by atomic mass is 14.4. The summed E-state index contributed by atoms with van der Waals surface area (Å²) in [6.45, 7) is 7.08. The molecule has 7 rings (SSSR count). The van der Waals surface area contributed by atoms with Gasteiger partial charge in [-0.25, -0.2) is 0 Å². The quantitative estimate of drug-likeness (QED) is 0.245. The van der Waals surface area contributed by atoms with E-state index < -0.39 is 0 Å². The van der Waals surface area contributed by atoms with E-state index in [1.54, 1.807) is 0 Å². The number of rotatable bonds is 2. The lowest BCUT2D eigenvalue weighted by Crippen LogP contribution is -2.15. The molecule has 2 aliphatic rings. The fourth-order valence-electron chi connectivity index (χ4n) is 6.66. The Morgan fingerprint density at radius 2 is 1.31 bits per heavy atom. The molecule has 1 atom stereocenters.